The number of halogens is 2. The van der Waals surface area contributed by atoms with Gasteiger partial charge in [0.1, 0.15) is 0 Å². The number of hydrogen-bond donors (Lipinski definition) is 0. The summed E-state index contributed by atoms with van der Waals surface area (Å²) in [5.41, 5.74) is -0.105. The summed E-state index contributed by atoms with van der Waals surface area (Å²) in [4.78, 5) is 25.1. The third-order valence-corrected chi connectivity index (χ3v) is 5.45. The van der Waals surface area contributed by atoms with E-state index in [1.165, 1.54) is 24.8 Å². The number of rotatable bonds is 6. The highest BCUT2D eigenvalue weighted by Gasteiger charge is 2.54. The van der Waals surface area contributed by atoms with Gasteiger partial charge in [0.15, 0.2) is 22.8 Å². The molecular formula is C21H23F2N3O4. The molecule has 1 aliphatic rings. The quantitative estimate of drug-likeness (QED) is 0.407. The third kappa shape index (κ3) is 4.02. The van der Waals surface area contributed by atoms with Gasteiger partial charge in [-0.3, -0.25) is 9.59 Å². The minimum absolute atomic E-state index is 0.222. The minimum Gasteiger partial charge on any atom is -0.468 e. The topological polar surface area (TPSA) is 83.3 Å². The smallest absolute Gasteiger partial charge is 0.322 e. The van der Waals surface area contributed by atoms with Crippen molar-refractivity contribution in [2.75, 3.05) is 7.11 Å². The Bertz CT molecular complexity index is 990. The van der Waals surface area contributed by atoms with Gasteiger partial charge in [-0.1, -0.05) is 17.9 Å². The van der Waals surface area contributed by atoms with Crippen molar-refractivity contribution in [1.29, 1.82) is 0 Å². The highest BCUT2D eigenvalue weighted by atomic mass is 19.2. The van der Waals surface area contributed by atoms with Crippen molar-refractivity contribution in [3.05, 3.63) is 59.4 Å². The van der Waals surface area contributed by atoms with Crippen LogP contribution in [0.5, 0.6) is 0 Å². The molecule has 0 amide bonds. The highest BCUT2D eigenvalue weighted by molar-refractivity contribution is 6.13. The Morgan fingerprint density at radius 3 is 2.77 bits per heavy atom. The summed E-state index contributed by atoms with van der Waals surface area (Å²) in [7, 11) is 1.22. The van der Waals surface area contributed by atoms with Crippen LogP contribution in [0.3, 0.4) is 0 Å². The van der Waals surface area contributed by atoms with Crippen molar-refractivity contribution in [1.82, 2.24) is 15.0 Å². The molecule has 9 heteroatoms. The molecule has 30 heavy (non-hydrogen) atoms. The van der Waals surface area contributed by atoms with Crippen LogP contribution in [0.15, 0.2) is 36.5 Å². The number of ketones is 1. The van der Waals surface area contributed by atoms with Crippen LogP contribution in [0.1, 0.15) is 31.5 Å². The number of nitrogens with zero attached hydrogens (tertiary/aromatic N) is 3. The zero-order valence-electron chi connectivity index (χ0n) is 17.0. The number of benzene rings is 1. The summed E-state index contributed by atoms with van der Waals surface area (Å²) in [6.07, 6.45) is 1.17. The average molecular weight is 419 g/mol. The lowest BCUT2D eigenvalue weighted by atomic mass is 9.72. The second-order valence-corrected chi connectivity index (χ2v) is 7.51. The molecule has 1 aromatic heterocycles. The average Bonchev–Trinajstić information content (AvgIpc) is 3.17. The van der Waals surface area contributed by atoms with E-state index in [1.54, 1.807) is 13.1 Å². The van der Waals surface area contributed by atoms with Crippen LogP contribution in [-0.4, -0.2) is 46.1 Å². The zero-order valence-corrected chi connectivity index (χ0v) is 17.0. The third-order valence-electron chi connectivity index (χ3n) is 5.45. The first-order chi connectivity index (χ1) is 14.2. The summed E-state index contributed by atoms with van der Waals surface area (Å²) in [6.45, 7) is 7.17. The van der Waals surface area contributed by atoms with Crippen LogP contribution < -0.4 is 0 Å². The fourth-order valence-electron chi connectivity index (χ4n) is 3.56. The Hall–Kier alpha value is -2.94. The normalized spacial score (nSPS) is 24.2. The molecule has 0 saturated carbocycles. The molecule has 3 atom stereocenters. The molecule has 160 valence electrons. The second-order valence-electron chi connectivity index (χ2n) is 7.51. The molecular weight excluding hydrogens is 396 g/mol. The summed E-state index contributed by atoms with van der Waals surface area (Å²) in [6, 6.07) is 3.63. The largest absolute Gasteiger partial charge is 0.468 e. The maximum Gasteiger partial charge on any atom is 0.322 e. The van der Waals surface area contributed by atoms with Crippen molar-refractivity contribution < 1.29 is 27.8 Å². The van der Waals surface area contributed by atoms with Crippen molar-refractivity contribution >= 4 is 11.8 Å². The van der Waals surface area contributed by atoms with Gasteiger partial charge in [-0.15, -0.1) is 5.10 Å². The predicted molar refractivity (Wildman–Crippen MR) is 102 cm³/mol. The molecule has 0 N–H and O–H groups in total. The Kier molecular flexibility index (Phi) is 6.12. The molecule has 3 rings (SSSR count). The van der Waals surface area contributed by atoms with Crippen molar-refractivity contribution in [2.24, 2.45) is 5.41 Å². The lowest BCUT2D eigenvalue weighted by molar-refractivity contribution is -0.175. The van der Waals surface area contributed by atoms with E-state index < -0.39 is 35.2 Å². The zero-order chi connectivity index (χ0) is 22.1. The van der Waals surface area contributed by atoms with Gasteiger partial charge in [-0.2, -0.15) is 0 Å². The summed E-state index contributed by atoms with van der Waals surface area (Å²) < 4.78 is 38.7. The number of carbonyl (C=O) groups excluding carboxylic acids is 2. The summed E-state index contributed by atoms with van der Waals surface area (Å²) >= 11 is 0. The van der Waals surface area contributed by atoms with E-state index in [0.29, 0.717) is 24.1 Å². The SMILES string of the molecule is C=C1C(=O)C(C)(C(=O)OC)C(CCc2cn(Cc3ccc(F)c(F)c3)nn2)OC1C. The first-order valence-corrected chi connectivity index (χ1v) is 9.47. The van der Waals surface area contributed by atoms with E-state index in [4.69, 9.17) is 9.47 Å². The minimum atomic E-state index is -1.49. The molecule has 0 spiro atoms. The molecule has 7 nitrogen and oxygen atoms in total. The Morgan fingerprint density at radius 1 is 1.37 bits per heavy atom. The molecule has 2 aromatic rings. The lowest BCUT2D eigenvalue weighted by Gasteiger charge is -2.41. The van der Waals surface area contributed by atoms with Crippen LogP contribution in [0.2, 0.25) is 0 Å². The number of ether oxygens (including phenoxy) is 2. The molecule has 0 aliphatic carbocycles. The molecule has 1 aliphatic heterocycles. The monoisotopic (exact) mass is 419 g/mol. The first-order valence-electron chi connectivity index (χ1n) is 9.47. The molecule has 0 bridgehead atoms. The number of Topliss-reactive ketones (excluding diaryl/α,β-unsaturated/α-hetero) is 1. The van der Waals surface area contributed by atoms with Gasteiger partial charge in [0, 0.05) is 11.8 Å². The Balaban J connectivity index is 1.71. The van der Waals surface area contributed by atoms with Gasteiger partial charge < -0.3 is 9.47 Å². The molecule has 1 aromatic carbocycles. The standard InChI is InChI=1S/C21H23F2N3O4/c1-12-13(2)30-18(21(3,19(12)27)20(28)29-4)8-6-15-11-26(25-24-15)10-14-5-7-16(22)17(23)9-14/h5,7,9,11,13,18H,1,6,8,10H2,2-4H3. The van der Waals surface area contributed by atoms with Gasteiger partial charge in [0.2, 0.25) is 0 Å². The van der Waals surface area contributed by atoms with E-state index in [1.807, 2.05) is 0 Å². The van der Waals surface area contributed by atoms with Gasteiger partial charge in [-0.05, 0) is 44.4 Å². The summed E-state index contributed by atoms with van der Waals surface area (Å²) in [5, 5.41) is 8.07. The number of methoxy groups -OCH3 is 1. The molecule has 2 heterocycles. The second kappa shape index (κ2) is 8.43. The number of aromatic nitrogens is 3. The van der Waals surface area contributed by atoms with Crippen LogP contribution in [0.4, 0.5) is 8.78 Å². The fraction of sp³-hybridized carbons (Fsp3) is 0.429. The van der Waals surface area contributed by atoms with E-state index in [9.17, 15) is 18.4 Å². The van der Waals surface area contributed by atoms with Gasteiger partial charge in [-0.25, -0.2) is 13.5 Å². The van der Waals surface area contributed by atoms with Gasteiger partial charge >= 0.3 is 5.97 Å². The molecule has 3 unspecified atom stereocenters. The first kappa shape index (κ1) is 21.8. The lowest BCUT2D eigenvalue weighted by Crippen LogP contribution is -2.55. The molecule has 1 fully saturated rings. The van der Waals surface area contributed by atoms with Crippen LogP contribution in [0.25, 0.3) is 0 Å². The van der Waals surface area contributed by atoms with Gasteiger partial charge in [0.05, 0.1) is 31.6 Å². The van der Waals surface area contributed by atoms with Crippen LogP contribution in [-0.2, 0) is 32.0 Å². The predicted octanol–water partition coefficient (Wildman–Crippen LogP) is 2.63. The van der Waals surface area contributed by atoms with Crippen LogP contribution in [0, 0.1) is 17.0 Å². The fourth-order valence-corrected chi connectivity index (χ4v) is 3.56. The summed E-state index contributed by atoms with van der Waals surface area (Å²) in [5.74, 6) is -2.90. The van der Waals surface area contributed by atoms with Crippen molar-refractivity contribution in [2.45, 2.75) is 45.4 Å². The van der Waals surface area contributed by atoms with Crippen LogP contribution >= 0.6 is 0 Å². The maximum atomic E-state index is 13.4. The van der Waals surface area contributed by atoms with Crippen molar-refractivity contribution in [3.63, 3.8) is 0 Å². The van der Waals surface area contributed by atoms with Gasteiger partial charge in [0.25, 0.3) is 0 Å². The maximum absolute atomic E-state index is 13.4. The Morgan fingerprint density at radius 2 is 2.10 bits per heavy atom. The van der Waals surface area contributed by atoms with Crippen molar-refractivity contribution in [3.8, 4) is 0 Å². The number of carbonyl (C=O) groups is 2. The number of hydrogen-bond acceptors (Lipinski definition) is 6. The molecule has 1 saturated heterocycles. The van der Waals surface area contributed by atoms with E-state index in [0.717, 1.165) is 12.1 Å². The molecule has 0 radical (unpaired) electrons. The number of esters is 1. The van der Waals surface area contributed by atoms with E-state index >= 15 is 0 Å². The highest BCUT2D eigenvalue weighted by Crippen LogP contribution is 2.39. The van der Waals surface area contributed by atoms with E-state index in [2.05, 4.69) is 16.9 Å². The van der Waals surface area contributed by atoms with E-state index in [-0.39, 0.29) is 17.9 Å². The Labute approximate surface area is 172 Å². The number of aryl methyl sites for hydroxylation is 1.